The first-order valence-corrected chi connectivity index (χ1v) is 5.85. The predicted molar refractivity (Wildman–Crippen MR) is 62.3 cm³/mol. The zero-order valence-electron chi connectivity index (χ0n) is 9.32. The lowest BCUT2D eigenvalue weighted by Crippen LogP contribution is -2.08. The largest absolute Gasteiger partial charge is 0.417 e. The molecule has 8 heteroatoms. The van der Waals surface area contributed by atoms with E-state index in [9.17, 15) is 13.2 Å². The first-order valence-electron chi connectivity index (χ1n) is 5.12. The molecule has 0 aliphatic carbocycles. The van der Waals surface area contributed by atoms with Gasteiger partial charge in [0, 0.05) is 24.5 Å². The van der Waals surface area contributed by atoms with Gasteiger partial charge in [-0.1, -0.05) is 0 Å². The number of anilines is 1. The summed E-state index contributed by atoms with van der Waals surface area (Å²) in [4.78, 5) is 3.73. The van der Waals surface area contributed by atoms with Crippen LogP contribution in [-0.4, -0.2) is 20.3 Å². The molecule has 1 N–H and O–H groups in total. The van der Waals surface area contributed by atoms with E-state index in [1.54, 1.807) is 0 Å². The van der Waals surface area contributed by atoms with Crippen LogP contribution in [0.25, 0.3) is 11.3 Å². The van der Waals surface area contributed by atoms with Crippen molar-refractivity contribution in [2.24, 2.45) is 0 Å². The van der Waals surface area contributed by atoms with Crippen LogP contribution in [0.15, 0.2) is 18.5 Å². The molecule has 4 nitrogen and oxygen atoms in total. The lowest BCUT2D eigenvalue weighted by Gasteiger charge is -2.11. The number of hydrogen-bond acceptors (Lipinski definition) is 5. The van der Waals surface area contributed by atoms with Crippen molar-refractivity contribution in [3.63, 3.8) is 0 Å². The molecule has 0 aliphatic rings. The molecule has 0 radical (unpaired) electrons. The highest BCUT2D eigenvalue weighted by Crippen LogP contribution is 2.38. The first-order chi connectivity index (χ1) is 8.54. The van der Waals surface area contributed by atoms with Crippen molar-refractivity contribution in [3.05, 3.63) is 24.0 Å². The van der Waals surface area contributed by atoms with Gasteiger partial charge in [0.15, 0.2) is 5.82 Å². The van der Waals surface area contributed by atoms with Crippen molar-refractivity contribution in [2.45, 2.75) is 13.1 Å². The van der Waals surface area contributed by atoms with Crippen molar-refractivity contribution < 1.29 is 13.2 Å². The van der Waals surface area contributed by atoms with Gasteiger partial charge in [-0.25, -0.2) is 0 Å². The third-order valence-electron chi connectivity index (χ3n) is 2.21. The van der Waals surface area contributed by atoms with Gasteiger partial charge in [0.25, 0.3) is 0 Å². The molecule has 0 bridgehead atoms. The minimum atomic E-state index is -4.44. The van der Waals surface area contributed by atoms with E-state index in [0.717, 1.165) is 30.2 Å². The van der Waals surface area contributed by atoms with Gasteiger partial charge in [-0.3, -0.25) is 4.98 Å². The molecule has 2 aromatic rings. The molecule has 0 saturated carbocycles. The van der Waals surface area contributed by atoms with Gasteiger partial charge in [0.2, 0.25) is 0 Å². The SMILES string of the molecule is CCNc1nsnc1-c1cnccc1C(F)(F)F. The molecule has 0 unspecified atom stereocenters. The first kappa shape index (κ1) is 12.7. The second-order valence-electron chi connectivity index (χ2n) is 3.41. The van der Waals surface area contributed by atoms with Crippen LogP contribution in [0.5, 0.6) is 0 Å². The van der Waals surface area contributed by atoms with E-state index in [-0.39, 0.29) is 11.3 Å². The van der Waals surface area contributed by atoms with Gasteiger partial charge in [-0.05, 0) is 13.0 Å². The summed E-state index contributed by atoms with van der Waals surface area (Å²) in [5.74, 6) is 0.348. The highest BCUT2D eigenvalue weighted by molar-refractivity contribution is 6.99. The summed E-state index contributed by atoms with van der Waals surface area (Å²) in [6.45, 7) is 2.39. The van der Waals surface area contributed by atoms with E-state index in [0.29, 0.717) is 12.4 Å². The van der Waals surface area contributed by atoms with Crippen LogP contribution >= 0.6 is 11.7 Å². The molecule has 0 amide bonds. The van der Waals surface area contributed by atoms with Crippen LogP contribution < -0.4 is 5.32 Å². The number of nitrogens with one attached hydrogen (secondary N) is 1. The van der Waals surface area contributed by atoms with Crippen LogP contribution in [-0.2, 0) is 6.18 Å². The Hall–Kier alpha value is -1.70. The van der Waals surface area contributed by atoms with Crippen LogP contribution in [0.1, 0.15) is 12.5 Å². The summed E-state index contributed by atoms with van der Waals surface area (Å²) in [7, 11) is 0. The maximum absolute atomic E-state index is 12.9. The van der Waals surface area contributed by atoms with Crippen molar-refractivity contribution >= 4 is 17.5 Å². The van der Waals surface area contributed by atoms with Crippen LogP contribution in [0.4, 0.5) is 19.0 Å². The molecular formula is C10H9F3N4S. The Labute approximate surface area is 105 Å². The number of rotatable bonds is 3. The molecule has 2 rings (SSSR count). The molecule has 0 saturated heterocycles. The fourth-order valence-electron chi connectivity index (χ4n) is 1.48. The third kappa shape index (κ3) is 2.42. The smallest absolute Gasteiger partial charge is 0.368 e. The van der Waals surface area contributed by atoms with Gasteiger partial charge < -0.3 is 5.32 Å². The average molecular weight is 274 g/mol. The second-order valence-corrected chi connectivity index (χ2v) is 3.94. The molecule has 0 fully saturated rings. The molecule has 18 heavy (non-hydrogen) atoms. The van der Waals surface area contributed by atoms with Crippen molar-refractivity contribution in [2.75, 3.05) is 11.9 Å². The number of pyridine rings is 1. The van der Waals surface area contributed by atoms with Gasteiger partial charge in [-0.2, -0.15) is 21.9 Å². The number of aromatic nitrogens is 3. The Morgan fingerprint density at radius 1 is 1.33 bits per heavy atom. The third-order valence-corrected chi connectivity index (χ3v) is 2.74. The number of nitrogens with zero attached hydrogens (tertiary/aromatic N) is 3. The predicted octanol–water partition coefficient (Wildman–Crippen LogP) is 3.05. The van der Waals surface area contributed by atoms with Gasteiger partial charge in [0.05, 0.1) is 17.3 Å². The normalized spacial score (nSPS) is 11.6. The summed E-state index contributed by atoms with van der Waals surface area (Å²) in [5.41, 5.74) is -0.638. The molecule has 96 valence electrons. The molecule has 0 aromatic carbocycles. The minimum absolute atomic E-state index is 0.0605. The zero-order chi connectivity index (χ0) is 13.2. The Balaban J connectivity index is 2.54. The molecule has 2 heterocycles. The molecule has 0 aliphatic heterocycles. The van der Waals surface area contributed by atoms with Crippen molar-refractivity contribution in [3.8, 4) is 11.3 Å². The highest BCUT2D eigenvalue weighted by atomic mass is 32.1. The summed E-state index contributed by atoms with van der Waals surface area (Å²) in [6, 6.07) is 0.935. The van der Waals surface area contributed by atoms with Gasteiger partial charge >= 0.3 is 6.18 Å². The maximum atomic E-state index is 12.9. The number of alkyl halides is 3. The van der Waals surface area contributed by atoms with Crippen molar-refractivity contribution in [1.82, 2.24) is 13.7 Å². The molecule has 0 spiro atoms. The number of hydrogen-bond donors (Lipinski definition) is 1. The van der Waals surface area contributed by atoms with E-state index in [4.69, 9.17) is 0 Å². The van der Waals surface area contributed by atoms with E-state index in [1.165, 1.54) is 0 Å². The van der Waals surface area contributed by atoms with E-state index in [1.807, 2.05) is 6.92 Å². The lowest BCUT2D eigenvalue weighted by atomic mass is 10.1. The standard InChI is InChI=1S/C10H9F3N4S/c1-2-15-9-8(16-18-17-9)6-5-14-4-3-7(6)10(11,12)13/h3-5H,2H2,1H3,(H,15,17). The Morgan fingerprint density at radius 2 is 2.11 bits per heavy atom. The van der Waals surface area contributed by atoms with Gasteiger partial charge in [0.1, 0.15) is 5.69 Å². The summed E-state index contributed by atoms with van der Waals surface area (Å²) in [6.07, 6.45) is -2.18. The van der Waals surface area contributed by atoms with Crippen LogP contribution in [0.2, 0.25) is 0 Å². The molecule has 2 aromatic heterocycles. The molecule has 0 atom stereocenters. The molecular weight excluding hydrogens is 265 g/mol. The highest BCUT2D eigenvalue weighted by Gasteiger charge is 2.34. The average Bonchev–Trinajstić information content (AvgIpc) is 2.77. The topological polar surface area (TPSA) is 50.7 Å². The van der Waals surface area contributed by atoms with Crippen LogP contribution in [0, 0.1) is 0 Å². The van der Waals surface area contributed by atoms with Crippen molar-refractivity contribution in [1.29, 1.82) is 0 Å². The fraction of sp³-hybridized carbons (Fsp3) is 0.300. The Morgan fingerprint density at radius 3 is 2.78 bits per heavy atom. The van der Waals surface area contributed by atoms with E-state index < -0.39 is 11.7 Å². The van der Waals surface area contributed by atoms with E-state index >= 15 is 0 Å². The monoisotopic (exact) mass is 274 g/mol. The fourth-order valence-corrected chi connectivity index (χ4v) is 2.02. The Bertz CT molecular complexity index is 538. The lowest BCUT2D eigenvalue weighted by molar-refractivity contribution is -0.137. The van der Waals surface area contributed by atoms with Gasteiger partial charge in [-0.15, -0.1) is 0 Å². The summed E-state index contributed by atoms with van der Waals surface area (Å²) in [5, 5.41) is 2.87. The summed E-state index contributed by atoms with van der Waals surface area (Å²) < 4.78 is 46.4. The second kappa shape index (κ2) is 4.89. The maximum Gasteiger partial charge on any atom is 0.417 e. The summed E-state index contributed by atoms with van der Waals surface area (Å²) >= 11 is 0.863. The zero-order valence-corrected chi connectivity index (χ0v) is 10.1. The van der Waals surface area contributed by atoms with Crippen LogP contribution in [0.3, 0.4) is 0 Å². The quantitative estimate of drug-likeness (QED) is 0.934. The minimum Gasteiger partial charge on any atom is -0.368 e. The van der Waals surface area contributed by atoms with E-state index in [2.05, 4.69) is 19.0 Å². The number of halogens is 3. The Kier molecular flexibility index (Phi) is 3.46.